The van der Waals surface area contributed by atoms with Crippen molar-refractivity contribution in [3.05, 3.63) is 0 Å². The first-order valence-corrected chi connectivity index (χ1v) is 2.58. The van der Waals surface area contributed by atoms with Crippen LogP contribution in [0.1, 0.15) is 6.92 Å². The third kappa shape index (κ3) is 246. The molecular weight excluding hydrogens is 200 g/mol. The molecule has 0 saturated heterocycles. The first-order chi connectivity index (χ1) is 5.20. The average Bonchev–Trinajstić information content (AvgIpc) is 1.54. The summed E-state index contributed by atoms with van der Waals surface area (Å²) in [5, 5.41) is 19.5. The fourth-order valence-corrected chi connectivity index (χ4v) is 0. The highest BCUT2D eigenvalue weighted by Crippen LogP contribution is 1.42. The molecule has 0 aliphatic rings. The number of hydrogen-bond donors (Lipinski definition) is 7. The van der Waals surface area contributed by atoms with Crippen molar-refractivity contribution in [3.8, 4) is 0 Å². The summed E-state index contributed by atoms with van der Waals surface area (Å²) >= 11 is 0. The van der Waals surface area contributed by atoms with Gasteiger partial charge in [0.25, 0.3) is 5.97 Å². The van der Waals surface area contributed by atoms with Gasteiger partial charge in [0.05, 0.1) is 0 Å². The van der Waals surface area contributed by atoms with Gasteiger partial charge in [-0.15, -0.1) is 12.4 Å². The molecule has 0 amide bonds. The molecule has 80 valence electrons. The van der Waals surface area contributed by atoms with Crippen LogP contribution in [0.3, 0.4) is 0 Å². The van der Waals surface area contributed by atoms with E-state index in [1.54, 1.807) is 0 Å². The summed E-state index contributed by atoms with van der Waals surface area (Å²) in [6.45, 7) is 1.08. The topological polar surface area (TPSA) is 189 Å². The Morgan fingerprint density at radius 2 is 1.08 bits per heavy atom. The minimum atomic E-state index is -0.833. The second-order valence-electron chi connectivity index (χ2n) is 1.43. The van der Waals surface area contributed by atoms with Crippen LogP contribution in [0.15, 0.2) is 0 Å². The van der Waals surface area contributed by atoms with Crippen molar-refractivity contribution < 1.29 is 9.90 Å². The van der Waals surface area contributed by atoms with Crippen molar-refractivity contribution in [3.63, 3.8) is 0 Å². The largest absolute Gasteiger partial charge is 0.481 e. The van der Waals surface area contributed by atoms with Crippen molar-refractivity contribution in [2.45, 2.75) is 6.92 Å². The quantitative estimate of drug-likeness (QED) is 0.184. The Balaban J connectivity index is -0.0000000450. The molecule has 13 heavy (non-hydrogen) atoms. The van der Waals surface area contributed by atoms with Gasteiger partial charge in [0, 0.05) is 6.92 Å². The van der Waals surface area contributed by atoms with E-state index in [1.165, 1.54) is 0 Å². The molecule has 11 N–H and O–H groups in total. The number of guanidine groups is 2. The molecule has 0 aromatic carbocycles. The molecule has 0 aromatic rings. The third-order valence-electron chi connectivity index (χ3n) is 0. The van der Waals surface area contributed by atoms with Gasteiger partial charge < -0.3 is 28.0 Å². The smallest absolute Gasteiger partial charge is 0.300 e. The fraction of sp³-hybridized carbons (Fsp3) is 0.250. The zero-order valence-corrected chi connectivity index (χ0v) is 7.89. The van der Waals surface area contributed by atoms with E-state index in [1.807, 2.05) is 0 Å². The number of nitrogens with two attached hydrogens (primary N) is 4. The minimum Gasteiger partial charge on any atom is -0.481 e. The highest BCUT2D eigenvalue weighted by Gasteiger charge is 1.65. The Labute approximate surface area is 81.7 Å². The van der Waals surface area contributed by atoms with E-state index in [-0.39, 0.29) is 24.3 Å². The van der Waals surface area contributed by atoms with Gasteiger partial charge in [-0.05, 0) is 0 Å². The predicted octanol–water partition coefficient (Wildman–Crippen LogP) is -1.81. The normalized spacial score (nSPS) is 5.62. The molecule has 0 fully saturated rings. The van der Waals surface area contributed by atoms with Gasteiger partial charge >= 0.3 is 0 Å². The van der Waals surface area contributed by atoms with Gasteiger partial charge in [-0.1, -0.05) is 0 Å². The van der Waals surface area contributed by atoms with E-state index in [9.17, 15) is 0 Å². The maximum absolute atomic E-state index is 9.00. The van der Waals surface area contributed by atoms with Crippen LogP contribution in [-0.2, 0) is 4.79 Å². The van der Waals surface area contributed by atoms with Crippen LogP contribution >= 0.6 is 12.4 Å². The summed E-state index contributed by atoms with van der Waals surface area (Å²) in [5.41, 5.74) is 17.9. The van der Waals surface area contributed by atoms with Crippen LogP contribution in [0.25, 0.3) is 0 Å². The first kappa shape index (κ1) is 22.5. The zero-order valence-electron chi connectivity index (χ0n) is 7.07. The molecule has 0 aliphatic heterocycles. The van der Waals surface area contributed by atoms with Gasteiger partial charge in [0.1, 0.15) is 0 Å². The highest BCUT2D eigenvalue weighted by molar-refractivity contribution is 5.85. The molecule has 0 aromatic heterocycles. The number of carboxylic acid groups (broad SMARTS) is 1. The van der Waals surface area contributed by atoms with Gasteiger partial charge in [0.15, 0.2) is 11.9 Å². The second kappa shape index (κ2) is 16.7. The number of nitrogens with one attached hydrogen (secondary N) is 2. The molecule has 0 radical (unpaired) electrons. The summed E-state index contributed by atoms with van der Waals surface area (Å²) in [5.74, 6) is -1.50. The molecular formula is C4H15ClN6O2. The number of aliphatic carboxylic acids is 1. The maximum Gasteiger partial charge on any atom is 0.300 e. The van der Waals surface area contributed by atoms with E-state index in [0.717, 1.165) is 6.92 Å². The van der Waals surface area contributed by atoms with E-state index in [4.69, 9.17) is 20.7 Å². The SMILES string of the molecule is CC(=O)O.Cl.N=C(N)N.N=C(N)N. The second-order valence-corrected chi connectivity index (χ2v) is 1.43. The Morgan fingerprint density at radius 3 is 1.08 bits per heavy atom. The average molecular weight is 215 g/mol. The van der Waals surface area contributed by atoms with Crippen LogP contribution < -0.4 is 22.9 Å². The first-order valence-electron chi connectivity index (χ1n) is 2.58. The monoisotopic (exact) mass is 214 g/mol. The van der Waals surface area contributed by atoms with E-state index in [2.05, 4.69) is 22.9 Å². The summed E-state index contributed by atoms with van der Waals surface area (Å²) in [6.07, 6.45) is 0. The molecule has 0 spiro atoms. The number of rotatable bonds is 0. The van der Waals surface area contributed by atoms with Gasteiger partial charge in [-0.25, -0.2) is 0 Å². The van der Waals surface area contributed by atoms with E-state index in [0.29, 0.717) is 0 Å². The molecule has 0 unspecified atom stereocenters. The number of carbonyl (C=O) groups is 1. The molecule has 0 rings (SSSR count). The maximum atomic E-state index is 9.00. The van der Waals surface area contributed by atoms with Crippen molar-refractivity contribution >= 4 is 30.3 Å². The van der Waals surface area contributed by atoms with Crippen LogP contribution in [0.4, 0.5) is 0 Å². The predicted molar refractivity (Wildman–Crippen MR) is 52.8 cm³/mol. The highest BCUT2D eigenvalue weighted by atomic mass is 35.5. The molecule has 0 heterocycles. The summed E-state index contributed by atoms with van der Waals surface area (Å²) < 4.78 is 0. The zero-order chi connectivity index (χ0) is 10.7. The molecule has 0 saturated carbocycles. The van der Waals surface area contributed by atoms with Crippen LogP contribution in [-0.4, -0.2) is 23.0 Å². The van der Waals surface area contributed by atoms with E-state index >= 15 is 0 Å². The van der Waals surface area contributed by atoms with Crippen molar-refractivity contribution in [2.75, 3.05) is 0 Å². The van der Waals surface area contributed by atoms with Crippen LogP contribution in [0.5, 0.6) is 0 Å². The lowest BCUT2D eigenvalue weighted by Crippen LogP contribution is -2.20. The Bertz CT molecular complexity index is 120. The molecule has 8 nitrogen and oxygen atoms in total. The summed E-state index contributed by atoms with van der Waals surface area (Å²) in [6, 6.07) is 0. The van der Waals surface area contributed by atoms with Crippen molar-refractivity contribution in [1.29, 1.82) is 10.8 Å². The van der Waals surface area contributed by atoms with Gasteiger partial charge in [-0.2, -0.15) is 0 Å². The Morgan fingerprint density at radius 1 is 1.08 bits per heavy atom. The van der Waals surface area contributed by atoms with Gasteiger partial charge in [0.2, 0.25) is 0 Å². The van der Waals surface area contributed by atoms with Crippen molar-refractivity contribution in [1.82, 2.24) is 0 Å². The number of halogens is 1. The van der Waals surface area contributed by atoms with E-state index < -0.39 is 5.97 Å². The summed E-state index contributed by atoms with van der Waals surface area (Å²) in [4.78, 5) is 9.00. The molecule has 9 heteroatoms. The van der Waals surface area contributed by atoms with Crippen molar-refractivity contribution in [2.24, 2.45) is 22.9 Å². The minimum absolute atomic E-state index is 0. The van der Waals surface area contributed by atoms with Crippen LogP contribution in [0, 0.1) is 10.8 Å². The third-order valence-corrected chi connectivity index (χ3v) is 0. The lowest BCUT2D eigenvalue weighted by atomic mass is 10.9. The fourth-order valence-electron chi connectivity index (χ4n) is 0. The summed E-state index contributed by atoms with van der Waals surface area (Å²) in [7, 11) is 0. The Kier molecular flexibility index (Phi) is 28.9. The number of hydrogen-bond acceptors (Lipinski definition) is 3. The molecule has 0 bridgehead atoms. The molecule has 0 aliphatic carbocycles. The lowest BCUT2D eigenvalue weighted by molar-refractivity contribution is -0.134. The lowest BCUT2D eigenvalue weighted by Gasteiger charge is -1.69. The van der Waals surface area contributed by atoms with Crippen LogP contribution in [0.2, 0.25) is 0 Å². The number of carboxylic acids is 1. The molecule has 0 atom stereocenters. The standard InChI is InChI=1S/C2H4O2.2CH5N3.ClH/c1-2(3)4;2*2-1(3)4;/h1H3,(H,3,4);2*(H5,2,3,4);1H. The Hall–Kier alpha value is -1.70. The van der Waals surface area contributed by atoms with Gasteiger partial charge in [-0.3, -0.25) is 15.6 Å².